The highest BCUT2D eigenvalue weighted by molar-refractivity contribution is 5.94. The largest absolute Gasteiger partial charge is 0.494 e. The van der Waals surface area contributed by atoms with Crippen molar-refractivity contribution < 1.29 is 14.3 Å². The Morgan fingerprint density at radius 1 is 1.12 bits per heavy atom. The molecule has 1 aromatic heterocycles. The second-order valence-electron chi connectivity index (χ2n) is 9.36. The van der Waals surface area contributed by atoms with Crippen LogP contribution in [0.1, 0.15) is 59.1 Å². The number of hydrogen-bond donors (Lipinski definition) is 1. The molecule has 6 heteroatoms. The maximum atomic E-state index is 13.5. The number of nitrogens with one attached hydrogen (secondary N) is 1. The number of benzene rings is 2. The summed E-state index contributed by atoms with van der Waals surface area (Å²) in [7, 11) is 0. The quantitative estimate of drug-likeness (QED) is 0.563. The summed E-state index contributed by atoms with van der Waals surface area (Å²) < 4.78 is 13.3. The second-order valence-corrected chi connectivity index (χ2v) is 9.36. The minimum Gasteiger partial charge on any atom is -0.494 e. The number of aryl methyl sites for hydroxylation is 1. The van der Waals surface area contributed by atoms with E-state index in [4.69, 9.17) is 14.6 Å². The van der Waals surface area contributed by atoms with Gasteiger partial charge in [-0.3, -0.25) is 4.79 Å². The predicted octanol–water partition coefficient (Wildman–Crippen LogP) is 4.55. The molecule has 34 heavy (non-hydrogen) atoms. The van der Waals surface area contributed by atoms with Crippen molar-refractivity contribution in [3.63, 3.8) is 0 Å². The van der Waals surface area contributed by atoms with Gasteiger partial charge < -0.3 is 14.8 Å². The summed E-state index contributed by atoms with van der Waals surface area (Å²) in [6, 6.07) is 16.5. The van der Waals surface area contributed by atoms with E-state index in [1.54, 1.807) is 0 Å². The minimum absolute atomic E-state index is 0.0812. The van der Waals surface area contributed by atoms with E-state index in [-0.39, 0.29) is 11.3 Å². The van der Waals surface area contributed by atoms with Crippen molar-refractivity contribution in [2.75, 3.05) is 26.4 Å². The van der Waals surface area contributed by atoms with Crippen molar-refractivity contribution in [1.82, 2.24) is 15.1 Å². The number of hydrogen-bond acceptors (Lipinski definition) is 4. The minimum atomic E-state index is -0.152. The van der Waals surface area contributed by atoms with Gasteiger partial charge in [0.1, 0.15) is 5.75 Å². The van der Waals surface area contributed by atoms with Gasteiger partial charge in [-0.15, -0.1) is 0 Å². The van der Waals surface area contributed by atoms with Gasteiger partial charge in [0, 0.05) is 36.4 Å². The lowest BCUT2D eigenvalue weighted by atomic mass is 9.74. The van der Waals surface area contributed by atoms with Crippen molar-refractivity contribution >= 4 is 5.91 Å². The molecule has 1 aliphatic carbocycles. The standard InChI is InChI=1S/C28H33N3O3/c1-3-34-22-13-11-21(12-14-22)28(15-17-33-18-16-28)19-29-27(32)26-23-8-6-10-25(23)31(30-26)24-9-5-4-7-20(24)2/h4-5,7,9,11-14H,3,6,8,10,15-19H2,1-2H3,(H,29,32). The van der Waals surface area contributed by atoms with Crippen LogP contribution in [-0.2, 0) is 23.0 Å². The van der Waals surface area contributed by atoms with Gasteiger partial charge in [0.15, 0.2) is 5.69 Å². The molecule has 0 saturated carbocycles. The lowest BCUT2D eigenvalue weighted by Gasteiger charge is -2.38. The number of carbonyl (C=O) groups is 1. The molecule has 6 nitrogen and oxygen atoms in total. The molecule has 1 fully saturated rings. The third kappa shape index (κ3) is 4.23. The highest BCUT2D eigenvalue weighted by Gasteiger charge is 2.36. The topological polar surface area (TPSA) is 65.4 Å². The molecule has 1 N–H and O–H groups in total. The molecule has 1 amide bonds. The van der Waals surface area contributed by atoms with Crippen LogP contribution >= 0.6 is 0 Å². The predicted molar refractivity (Wildman–Crippen MR) is 132 cm³/mol. The summed E-state index contributed by atoms with van der Waals surface area (Å²) in [6.07, 6.45) is 4.67. The Bertz CT molecular complexity index is 1160. The highest BCUT2D eigenvalue weighted by atomic mass is 16.5. The van der Waals surface area contributed by atoms with Crippen molar-refractivity contribution in [2.24, 2.45) is 0 Å². The summed E-state index contributed by atoms with van der Waals surface area (Å²) in [6.45, 7) is 6.67. The van der Waals surface area contributed by atoms with E-state index in [9.17, 15) is 4.79 Å². The highest BCUT2D eigenvalue weighted by Crippen LogP contribution is 2.36. The normalized spacial score (nSPS) is 16.8. The summed E-state index contributed by atoms with van der Waals surface area (Å²) in [5, 5.41) is 8.07. The molecule has 0 unspecified atom stereocenters. The van der Waals surface area contributed by atoms with E-state index in [2.05, 4.69) is 36.5 Å². The Labute approximate surface area is 201 Å². The smallest absolute Gasteiger partial charge is 0.272 e. The van der Waals surface area contributed by atoms with Gasteiger partial charge in [0.25, 0.3) is 5.91 Å². The molecule has 0 bridgehead atoms. The van der Waals surface area contributed by atoms with Gasteiger partial charge in [-0.05, 0) is 75.3 Å². The monoisotopic (exact) mass is 459 g/mol. The molecule has 2 aromatic carbocycles. The molecule has 1 aliphatic heterocycles. The van der Waals surface area contributed by atoms with E-state index < -0.39 is 0 Å². The van der Waals surface area contributed by atoms with Gasteiger partial charge in [-0.2, -0.15) is 5.10 Å². The molecular weight excluding hydrogens is 426 g/mol. The zero-order valence-corrected chi connectivity index (χ0v) is 20.1. The number of rotatable bonds is 7. The Balaban J connectivity index is 1.39. The van der Waals surface area contributed by atoms with E-state index in [0.29, 0.717) is 32.1 Å². The molecule has 2 aliphatic rings. The Kier molecular flexibility index (Phi) is 6.42. The average molecular weight is 460 g/mol. The molecule has 0 spiro atoms. The maximum Gasteiger partial charge on any atom is 0.272 e. The number of aromatic nitrogens is 2. The maximum absolute atomic E-state index is 13.5. The fourth-order valence-electron chi connectivity index (χ4n) is 5.35. The molecule has 0 radical (unpaired) electrons. The van der Waals surface area contributed by atoms with Crippen molar-refractivity contribution in [3.05, 3.63) is 76.6 Å². The first-order chi connectivity index (χ1) is 16.6. The van der Waals surface area contributed by atoms with Gasteiger partial charge in [0.05, 0.1) is 12.3 Å². The van der Waals surface area contributed by atoms with Crippen molar-refractivity contribution in [3.8, 4) is 11.4 Å². The van der Waals surface area contributed by atoms with Crippen LogP contribution in [-0.4, -0.2) is 42.1 Å². The molecule has 3 aromatic rings. The average Bonchev–Trinajstić information content (AvgIpc) is 3.48. The van der Waals surface area contributed by atoms with Crippen LogP contribution < -0.4 is 10.1 Å². The van der Waals surface area contributed by atoms with Crippen LogP contribution in [0.3, 0.4) is 0 Å². The number of nitrogens with zero attached hydrogens (tertiary/aromatic N) is 2. The zero-order valence-electron chi connectivity index (χ0n) is 20.1. The van der Waals surface area contributed by atoms with Crippen LogP contribution in [0.5, 0.6) is 5.75 Å². The van der Waals surface area contributed by atoms with Crippen LogP contribution in [0.25, 0.3) is 5.69 Å². The van der Waals surface area contributed by atoms with Gasteiger partial charge in [-0.25, -0.2) is 4.68 Å². The first-order valence-electron chi connectivity index (χ1n) is 12.4. The Morgan fingerprint density at radius 3 is 2.62 bits per heavy atom. The van der Waals surface area contributed by atoms with Crippen LogP contribution in [0.2, 0.25) is 0 Å². The summed E-state index contributed by atoms with van der Waals surface area (Å²) in [5.41, 5.74) is 6.12. The Hall–Kier alpha value is -3.12. The molecule has 1 saturated heterocycles. The zero-order chi connectivity index (χ0) is 23.5. The summed E-state index contributed by atoms with van der Waals surface area (Å²) in [5.74, 6) is 0.789. The Morgan fingerprint density at radius 2 is 1.88 bits per heavy atom. The number of amides is 1. The number of fused-ring (bicyclic) bond motifs is 1. The molecular formula is C28H33N3O3. The van der Waals surface area contributed by atoms with E-state index in [1.807, 2.05) is 35.9 Å². The molecule has 5 rings (SSSR count). The second kappa shape index (κ2) is 9.63. The van der Waals surface area contributed by atoms with Crippen molar-refractivity contribution in [2.45, 2.75) is 51.4 Å². The lowest BCUT2D eigenvalue weighted by molar-refractivity contribution is 0.0486. The number of para-hydroxylation sites is 1. The summed E-state index contributed by atoms with van der Waals surface area (Å²) in [4.78, 5) is 13.5. The molecule has 178 valence electrons. The van der Waals surface area contributed by atoms with Crippen LogP contribution in [0.4, 0.5) is 0 Å². The molecule has 0 atom stereocenters. The third-order valence-corrected chi connectivity index (χ3v) is 7.30. The van der Waals surface area contributed by atoms with Gasteiger partial charge in [0.2, 0.25) is 0 Å². The van der Waals surface area contributed by atoms with Gasteiger partial charge in [-0.1, -0.05) is 30.3 Å². The van der Waals surface area contributed by atoms with Gasteiger partial charge >= 0.3 is 0 Å². The van der Waals surface area contributed by atoms with Crippen LogP contribution in [0.15, 0.2) is 48.5 Å². The van der Waals surface area contributed by atoms with Crippen molar-refractivity contribution in [1.29, 1.82) is 0 Å². The fourth-order valence-corrected chi connectivity index (χ4v) is 5.35. The first kappa shape index (κ1) is 22.7. The number of ether oxygens (including phenoxy) is 2. The number of carbonyl (C=O) groups excluding carboxylic acids is 1. The molecule has 2 heterocycles. The van der Waals surface area contributed by atoms with Crippen LogP contribution in [0, 0.1) is 6.92 Å². The summed E-state index contributed by atoms with van der Waals surface area (Å²) >= 11 is 0. The third-order valence-electron chi connectivity index (χ3n) is 7.30. The van der Waals surface area contributed by atoms with E-state index in [1.165, 1.54) is 11.3 Å². The first-order valence-corrected chi connectivity index (χ1v) is 12.4. The van der Waals surface area contributed by atoms with E-state index in [0.717, 1.165) is 54.7 Å². The SMILES string of the molecule is CCOc1ccc(C2(CNC(=O)c3nn(-c4ccccc4C)c4c3CCC4)CCOCC2)cc1. The van der Waals surface area contributed by atoms with E-state index >= 15 is 0 Å². The fraction of sp³-hybridized carbons (Fsp3) is 0.429. The lowest BCUT2D eigenvalue weighted by Crippen LogP contribution is -2.44.